The molecule has 0 amide bonds. The number of methoxy groups -OCH3 is 1. The standard InChI is InChI=1S/C19H26N2O3/c1-22-17-8-7-14(11-18(17)23-15-5-2-3-6-15)16-12-19(24-21-16)9-4-10-20-13-19/h7-8,11,15,20H,2-6,9-10,12-13H2,1H3. The lowest BCUT2D eigenvalue weighted by Gasteiger charge is -2.31. The molecule has 0 radical (unpaired) electrons. The Bertz CT molecular complexity index is 617. The van der Waals surface area contributed by atoms with E-state index in [1.54, 1.807) is 7.11 Å². The van der Waals surface area contributed by atoms with Crippen molar-refractivity contribution in [2.45, 2.75) is 56.7 Å². The van der Waals surface area contributed by atoms with Crippen molar-refractivity contribution in [3.05, 3.63) is 23.8 Å². The summed E-state index contributed by atoms with van der Waals surface area (Å²) in [6.45, 7) is 1.95. The normalized spacial score (nSPS) is 27.1. The zero-order valence-electron chi connectivity index (χ0n) is 14.3. The molecule has 1 unspecified atom stereocenters. The number of nitrogens with one attached hydrogen (secondary N) is 1. The molecule has 1 aliphatic carbocycles. The van der Waals surface area contributed by atoms with Gasteiger partial charge in [0.2, 0.25) is 0 Å². The van der Waals surface area contributed by atoms with E-state index in [4.69, 9.17) is 14.3 Å². The van der Waals surface area contributed by atoms with Gasteiger partial charge in [-0.3, -0.25) is 0 Å². The Kier molecular flexibility index (Phi) is 4.35. The fourth-order valence-electron chi connectivity index (χ4n) is 3.98. The van der Waals surface area contributed by atoms with Crippen LogP contribution in [0.2, 0.25) is 0 Å². The maximum atomic E-state index is 6.20. The zero-order chi connectivity index (χ0) is 16.4. The number of rotatable bonds is 4. The molecule has 24 heavy (non-hydrogen) atoms. The van der Waals surface area contributed by atoms with Gasteiger partial charge in [-0.15, -0.1) is 0 Å². The van der Waals surface area contributed by atoms with Gasteiger partial charge in [-0.05, 0) is 63.3 Å². The largest absolute Gasteiger partial charge is 0.493 e. The first-order chi connectivity index (χ1) is 11.8. The van der Waals surface area contributed by atoms with Gasteiger partial charge in [0.15, 0.2) is 17.1 Å². The smallest absolute Gasteiger partial charge is 0.162 e. The lowest BCUT2D eigenvalue weighted by atomic mass is 9.87. The van der Waals surface area contributed by atoms with Crippen LogP contribution in [0.3, 0.4) is 0 Å². The summed E-state index contributed by atoms with van der Waals surface area (Å²) in [5.74, 6) is 1.62. The molecule has 1 spiro atoms. The van der Waals surface area contributed by atoms with Gasteiger partial charge in [0, 0.05) is 18.5 Å². The fourth-order valence-corrected chi connectivity index (χ4v) is 3.98. The summed E-state index contributed by atoms with van der Waals surface area (Å²) in [5.41, 5.74) is 1.93. The molecule has 2 fully saturated rings. The summed E-state index contributed by atoms with van der Waals surface area (Å²) in [7, 11) is 1.69. The van der Waals surface area contributed by atoms with Crippen molar-refractivity contribution in [2.24, 2.45) is 5.16 Å². The molecule has 1 N–H and O–H groups in total. The summed E-state index contributed by atoms with van der Waals surface area (Å²) in [6.07, 6.45) is 8.14. The van der Waals surface area contributed by atoms with E-state index in [0.717, 1.165) is 68.0 Å². The predicted octanol–water partition coefficient (Wildman–Crippen LogP) is 3.26. The topological polar surface area (TPSA) is 52.1 Å². The summed E-state index contributed by atoms with van der Waals surface area (Å²) in [6, 6.07) is 6.10. The van der Waals surface area contributed by atoms with Crippen LogP contribution in [0, 0.1) is 0 Å². The van der Waals surface area contributed by atoms with Crippen LogP contribution in [0.5, 0.6) is 11.5 Å². The van der Waals surface area contributed by atoms with Crippen molar-refractivity contribution in [3.8, 4) is 11.5 Å². The quantitative estimate of drug-likeness (QED) is 0.920. The highest BCUT2D eigenvalue weighted by molar-refractivity contribution is 6.02. The molecule has 130 valence electrons. The Hall–Kier alpha value is -1.75. The number of hydrogen-bond acceptors (Lipinski definition) is 5. The molecule has 5 heteroatoms. The van der Waals surface area contributed by atoms with Gasteiger partial charge >= 0.3 is 0 Å². The van der Waals surface area contributed by atoms with Crippen LogP contribution in [0.1, 0.15) is 50.5 Å². The number of piperidine rings is 1. The third-order valence-electron chi connectivity index (χ3n) is 5.36. The van der Waals surface area contributed by atoms with E-state index in [1.807, 2.05) is 6.07 Å². The summed E-state index contributed by atoms with van der Waals surface area (Å²) in [4.78, 5) is 5.83. The number of hydrogen-bond donors (Lipinski definition) is 1. The number of ether oxygens (including phenoxy) is 2. The highest BCUT2D eigenvalue weighted by atomic mass is 16.7. The Morgan fingerprint density at radius 3 is 2.83 bits per heavy atom. The Labute approximate surface area is 143 Å². The van der Waals surface area contributed by atoms with Gasteiger partial charge < -0.3 is 19.6 Å². The lowest BCUT2D eigenvalue weighted by Crippen LogP contribution is -2.45. The van der Waals surface area contributed by atoms with Crippen molar-refractivity contribution >= 4 is 5.71 Å². The number of oxime groups is 1. The van der Waals surface area contributed by atoms with Crippen LogP contribution in [0.15, 0.2) is 23.4 Å². The molecule has 0 aromatic heterocycles. The minimum Gasteiger partial charge on any atom is -0.493 e. The average Bonchev–Trinajstić information content (AvgIpc) is 3.26. The molecule has 2 heterocycles. The van der Waals surface area contributed by atoms with Crippen LogP contribution >= 0.6 is 0 Å². The maximum absolute atomic E-state index is 6.20. The fraction of sp³-hybridized carbons (Fsp3) is 0.632. The third-order valence-corrected chi connectivity index (χ3v) is 5.36. The Morgan fingerprint density at radius 2 is 2.08 bits per heavy atom. The molecular weight excluding hydrogens is 304 g/mol. The number of benzene rings is 1. The first-order valence-electron chi connectivity index (χ1n) is 9.09. The SMILES string of the molecule is COc1ccc(C2=NOC3(CCCNC3)C2)cc1OC1CCCC1. The van der Waals surface area contributed by atoms with E-state index < -0.39 is 0 Å². The molecule has 1 aromatic rings. The van der Waals surface area contributed by atoms with E-state index in [-0.39, 0.29) is 5.60 Å². The highest BCUT2D eigenvalue weighted by Crippen LogP contribution is 2.36. The average molecular weight is 330 g/mol. The second-order valence-corrected chi connectivity index (χ2v) is 7.16. The van der Waals surface area contributed by atoms with Crippen molar-refractivity contribution in [2.75, 3.05) is 20.2 Å². The molecule has 2 aliphatic heterocycles. The summed E-state index contributed by atoms with van der Waals surface area (Å²) < 4.78 is 11.7. The first kappa shape index (κ1) is 15.8. The predicted molar refractivity (Wildman–Crippen MR) is 93.0 cm³/mol. The Morgan fingerprint density at radius 1 is 1.21 bits per heavy atom. The zero-order valence-corrected chi connectivity index (χ0v) is 14.3. The van der Waals surface area contributed by atoms with Gasteiger partial charge in [-0.25, -0.2) is 0 Å². The molecule has 1 aromatic carbocycles. The molecule has 5 nitrogen and oxygen atoms in total. The van der Waals surface area contributed by atoms with Gasteiger partial charge in [0.1, 0.15) is 0 Å². The molecule has 3 aliphatic rings. The highest BCUT2D eigenvalue weighted by Gasteiger charge is 2.40. The third kappa shape index (κ3) is 3.09. The van der Waals surface area contributed by atoms with Gasteiger partial charge in [0.25, 0.3) is 0 Å². The molecule has 1 saturated carbocycles. The van der Waals surface area contributed by atoms with E-state index >= 15 is 0 Å². The first-order valence-corrected chi connectivity index (χ1v) is 9.09. The minimum atomic E-state index is -0.153. The van der Waals surface area contributed by atoms with E-state index in [1.165, 1.54) is 12.8 Å². The van der Waals surface area contributed by atoms with E-state index in [9.17, 15) is 0 Å². The monoisotopic (exact) mass is 330 g/mol. The van der Waals surface area contributed by atoms with Crippen LogP contribution in [0.25, 0.3) is 0 Å². The van der Waals surface area contributed by atoms with E-state index in [2.05, 4.69) is 22.6 Å². The van der Waals surface area contributed by atoms with Gasteiger partial charge in [0.05, 0.1) is 18.9 Å². The second-order valence-electron chi connectivity index (χ2n) is 7.16. The molecule has 1 saturated heterocycles. The summed E-state index contributed by atoms with van der Waals surface area (Å²) in [5, 5.41) is 7.82. The molecule has 4 rings (SSSR count). The maximum Gasteiger partial charge on any atom is 0.162 e. The Balaban J connectivity index is 1.53. The molecular formula is C19H26N2O3. The van der Waals surface area contributed by atoms with Crippen molar-refractivity contribution in [1.29, 1.82) is 0 Å². The van der Waals surface area contributed by atoms with Gasteiger partial charge in [-0.1, -0.05) is 5.16 Å². The van der Waals surface area contributed by atoms with Crippen molar-refractivity contribution in [1.82, 2.24) is 5.32 Å². The second kappa shape index (κ2) is 6.63. The van der Waals surface area contributed by atoms with Gasteiger partial charge in [-0.2, -0.15) is 0 Å². The number of nitrogens with zero attached hydrogens (tertiary/aromatic N) is 1. The van der Waals surface area contributed by atoms with Crippen molar-refractivity contribution < 1.29 is 14.3 Å². The molecule has 0 bridgehead atoms. The summed E-state index contributed by atoms with van der Waals surface area (Å²) >= 11 is 0. The van der Waals surface area contributed by atoms with Crippen LogP contribution in [-0.4, -0.2) is 37.6 Å². The van der Waals surface area contributed by atoms with Crippen molar-refractivity contribution in [3.63, 3.8) is 0 Å². The lowest BCUT2D eigenvalue weighted by molar-refractivity contribution is -0.0347. The molecule has 1 atom stereocenters. The van der Waals surface area contributed by atoms with Crippen LogP contribution < -0.4 is 14.8 Å². The van der Waals surface area contributed by atoms with E-state index in [0.29, 0.717) is 6.10 Å². The minimum absolute atomic E-state index is 0.153. The van der Waals surface area contributed by atoms with Crippen LogP contribution in [0.4, 0.5) is 0 Å². The van der Waals surface area contributed by atoms with Crippen LogP contribution in [-0.2, 0) is 4.84 Å².